The molecule has 0 N–H and O–H groups in total. The van der Waals surface area contributed by atoms with Crippen molar-refractivity contribution in [3.05, 3.63) is 0 Å². The zero-order valence-electron chi connectivity index (χ0n) is 11.8. The Bertz CT molecular complexity index is 334. The first-order valence-electron chi connectivity index (χ1n) is 7.40. The normalized spacial score (nSPS) is 31.8. The van der Waals surface area contributed by atoms with Crippen molar-refractivity contribution >= 4 is 5.91 Å². The van der Waals surface area contributed by atoms with Crippen molar-refractivity contribution in [1.82, 2.24) is 9.80 Å². The predicted molar refractivity (Wildman–Crippen MR) is 71.0 cm³/mol. The van der Waals surface area contributed by atoms with Crippen molar-refractivity contribution in [1.29, 1.82) is 0 Å². The molecule has 3 rings (SSSR count). The Morgan fingerprint density at radius 1 is 1.16 bits per heavy atom. The van der Waals surface area contributed by atoms with Gasteiger partial charge in [0.25, 0.3) is 0 Å². The van der Waals surface area contributed by atoms with Crippen LogP contribution in [0.3, 0.4) is 0 Å². The average molecular weight is 268 g/mol. The predicted octanol–water partition coefficient (Wildman–Crippen LogP) is 0.489. The molecule has 0 radical (unpaired) electrons. The number of morpholine rings is 1. The minimum Gasteiger partial charge on any atom is -0.379 e. The highest BCUT2D eigenvalue weighted by atomic mass is 16.5. The van der Waals surface area contributed by atoms with E-state index in [0.717, 1.165) is 65.3 Å². The molecule has 0 aromatic heterocycles. The summed E-state index contributed by atoms with van der Waals surface area (Å²) in [6.45, 7) is 7.97. The fourth-order valence-electron chi connectivity index (χ4n) is 3.57. The van der Waals surface area contributed by atoms with Crippen LogP contribution in [0.2, 0.25) is 0 Å². The first-order chi connectivity index (χ1) is 9.19. The number of carbonyl (C=O) groups excluding carboxylic acids is 1. The number of piperidine rings is 1. The van der Waals surface area contributed by atoms with Crippen LogP contribution in [-0.4, -0.2) is 73.3 Å². The Morgan fingerprint density at radius 2 is 1.84 bits per heavy atom. The highest BCUT2D eigenvalue weighted by molar-refractivity contribution is 5.73. The van der Waals surface area contributed by atoms with Crippen LogP contribution >= 0.6 is 0 Å². The molecule has 19 heavy (non-hydrogen) atoms. The third-order valence-electron chi connectivity index (χ3n) is 4.87. The van der Waals surface area contributed by atoms with Crippen LogP contribution in [0.4, 0.5) is 0 Å². The van der Waals surface area contributed by atoms with E-state index < -0.39 is 0 Å². The van der Waals surface area contributed by atoms with Gasteiger partial charge in [0.2, 0.25) is 5.91 Å². The first kappa shape index (κ1) is 13.3. The van der Waals surface area contributed by atoms with Crippen LogP contribution in [-0.2, 0) is 14.3 Å². The van der Waals surface area contributed by atoms with E-state index in [-0.39, 0.29) is 11.5 Å². The first-order valence-corrected chi connectivity index (χ1v) is 7.40. The summed E-state index contributed by atoms with van der Waals surface area (Å²) in [5, 5.41) is 0. The molecule has 5 nitrogen and oxygen atoms in total. The Kier molecular flexibility index (Phi) is 3.78. The van der Waals surface area contributed by atoms with E-state index in [1.54, 1.807) is 6.92 Å². The van der Waals surface area contributed by atoms with E-state index in [1.807, 2.05) is 4.90 Å². The lowest BCUT2D eigenvalue weighted by molar-refractivity contribution is -0.133. The standard InChI is InChI=1S/C14H24N2O3/c1-12(17)15-4-2-14(3-5-15)10-13(11-19-14)16-6-8-18-9-7-16/h13H,2-11H2,1H3. The van der Waals surface area contributed by atoms with Crippen LogP contribution in [0.25, 0.3) is 0 Å². The van der Waals surface area contributed by atoms with Gasteiger partial charge in [0.15, 0.2) is 0 Å². The van der Waals surface area contributed by atoms with Gasteiger partial charge in [0.1, 0.15) is 0 Å². The summed E-state index contributed by atoms with van der Waals surface area (Å²) >= 11 is 0. The van der Waals surface area contributed by atoms with Gasteiger partial charge in [-0.2, -0.15) is 0 Å². The van der Waals surface area contributed by atoms with E-state index in [9.17, 15) is 4.79 Å². The Balaban J connectivity index is 1.55. The summed E-state index contributed by atoms with van der Waals surface area (Å²) in [7, 11) is 0. The topological polar surface area (TPSA) is 42.0 Å². The Labute approximate surface area is 114 Å². The molecule has 0 aliphatic carbocycles. The van der Waals surface area contributed by atoms with Crippen LogP contribution in [0.15, 0.2) is 0 Å². The van der Waals surface area contributed by atoms with Crippen molar-refractivity contribution in [2.24, 2.45) is 0 Å². The minimum absolute atomic E-state index is 0.0366. The third kappa shape index (κ3) is 2.78. The molecule has 1 spiro atoms. The van der Waals surface area contributed by atoms with Gasteiger partial charge in [-0.15, -0.1) is 0 Å². The Hall–Kier alpha value is -0.650. The molecule has 0 bridgehead atoms. The molecule has 1 unspecified atom stereocenters. The van der Waals surface area contributed by atoms with Gasteiger partial charge >= 0.3 is 0 Å². The van der Waals surface area contributed by atoms with Crippen LogP contribution in [0, 0.1) is 0 Å². The van der Waals surface area contributed by atoms with Gasteiger partial charge in [-0.1, -0.05) is 0 Å². The lowest BCUT2D eigenvalue weighted by atomic mass is 9.87. The maximum Gasteiger partial charge on any atom is 0.219 e. The van der Waals surface area contributed by atoms with E-state index in [4.69, 9.17) is 9.47 Å². The van der Waals surface area contributed by atoms with Crippen molar-refractivity contribution < 1.29 is 14.3 Å². The van der Waals surface area contributed by atoms with Crippen molar-refractivity contribution in [3.8, 4) is 0 Å². The smallest absolute Gasteiger partial charge is 0.219 e. The monoisotopic (exact) mass is 268 g/mol. The summed E-state index contributed by atoms with van der Waals surface area (Å²) in [6, 6.07) is 0.549. The number of amides is 1. The molecule has 3 saturated heterocycles. The molecule has 1 atom stereocenters. The number of likely N-dealkylation sites (tertiary alicyclic amines) is 1. The number of rotatable bonds is 1. The van der Waals surface area contributed by atoms with Crippen LogP contribution < -0.4 is 0 Å². The van der Waals surface area contributed by atoms with E-state index in [1.165, 1.54) is 0 Å². The molecule has 0 aromatic carbocycles. The second-order valence-corrected chi connectivity index (χ2v) is 6.01. The number of hydrogen-bond donors (Lipinski definition) is 0. The molecular formula is C14H24N2O3. The number of nitrogens with zero attached hydrogens (tertiary/aromatic N) is 2. The van der Waals surface area contributed by atoms with E-state index >= 15 is 0 Å². The SMILES string of the molecule is CC(=O)N1CCC2(CC1)CC(N1CCOCC1)CO2. The molecule has 108 valence electrons. The summed E-state index contributed by atoms with van der Waals surface area (Å²) < 4.78 is 11.6. The van der Waals surface area contributed by atoms with Gasteiger partial charge in [-0.3, -0.25) is 9.69 Å². The molecule has 5 heteroatoms. The fraction of sp³-hybridized carbons (Fsp3) is 0.929. The molecule has 3 heterocycles. The highest BCUT2D eigenvalue weighted by Gasteiger charge is 2.44. The molecule has 0 aromatic rings. The quantitative estimate of drug-likeness (QED) is 0.694. The highest BCUT2D eigenvalue weighted by Crippen LogP contribution is 2.37. The van der Waals surface area contributed by atoms with Crippen molar-refractivity contribution in [3.63, 3.8) is 0 Å². The minimum atomic E-state index is 0.0366. The summed E-state index contributed by atoms with van der Waals surface area (Å²) in [4.78, 5) is 15.8. The largest absolute Gasteiger partial charge is 0.379 e. The van der Waals surface area contributed by atoms with Gasteiger partial charge in [-0.25, -0.2) is 0 Å². The lowest BCUT2D eigenvalue weighted by Gasteiger charge is -2.39. The maximum absolute atomic E-state index is 11.4. The molecule has 1 amide bonds. The van der Waals surface area contributed by atoms with E-state index in [2.05, 4.69) is 4.90 Å². The molecular weight excluding hydrogens is 244 g/mol. The molecule has 3 aliphatic heterocycles. The van der Waals surface area contributed by atoms with Crippen LogP contribution in [0.1, 0.15) is 26.2 Å². The zero-order chi connectivity index (χ0) is 13.3. The molecule has 3 aliphatic rings. The lowest BCUT2D eigenvalue weighted by Crippen LogP contribution is -2.47. The Morgan fingerprint density at radius 3 is 2.47 bits per heavy atom. The maximum atomic E-state index is 11.4. The van der Waals surface area contributed by atoms with Crippen molar-refractivity contribution in [2.75, 3.05) is 46.0 Å². The number of ether oxygens (including phenoxy) is 2. The van der Waals surface area contributed by atoms with E-state index in [0.29, 0.717) is 6.04 Å². The zero-order valence-corrected chi connectivity index (χ0v) is 11.8. The fourth-order valence-corrected chi connectivity index (χ4v) is 3.57. The second kappa shape index (κ2) is 5.38. The second-order valence-electron chi connectivity index (χ2n) is 6.01. The summed E-state index contributed by atoms with van der Waals surface area (Å²) in [6.07, 6.45) is 3.11. The number of carbonyl (C=O) groups is 1. The summed E-state index contributed by atoms with van der Waals surface area (Å²) in [5.41, 5.74) is 0.0366. The van der Waals surface area contributed by atoms with Gasteiger partial charge < -0.3 is 14.4 Å². The van der Waals surface area contributed by atoms with Gasteiger partial charge in [0.05, 0.1) is 25.4 Å². The number of hydrogen-bond acceptors (Lipinski definition) is 4. The third-order valence-corrected chi connectivity index (χ3v) is 4.87. The molecule has 3 fully saturated rings. The summed E-state index contributed by atoms with van der Waals surface area (Å²) in [5.74, 6) is 0.192. The average Bonchev–Trinajstić information content (AvgIpc) is 2.84. The van der Waals surface area contributed by atoms with Crippen molar-refractivity contribution in [2.45, 2.75) is 37.8 Å². The van der Waals surface area contributed by atoms with Gasteiger partial charge in [-0.05, 0) is 19.3 Å². The van der Waals surface area contributed by atoms with Crippen LogP contribution in [0.5, 0.6) is 0 Å². The van der Waals surface area contributed by atoms with Gasteiger partial charge in [0, 0.05) is 39.1 Å². The molecule has 0 saturated carbocycles.